The molecule has 21 heavy (non-hydrogen) atoms. The van der Waals surface area contributed by atoms with Gasteiger partial charge in [-0.05, 0) is 18.2 Å². The average Bonchev–Trinajstić information content (AvgIpc) is 2.37. The average molecular weight is 307 g/mol. The van der Waals surface area contributed by atoms with Gasteiger partial charge in [-0.25, -0.2) is 4.98 Å². The predicted octanol–water partition coefficient (Wildman–Crippen LogP) is 4.91. The molecule has 2 rings (SSSR count). The molecule has 2 aromatic rings. The SMILES string of the molecule is FC(F)(F)c1cccc(C(F)(F)F)c1Oc1ccccn1. The lowest BCUT2D eigenvalue weighted by Gasteiger charge is -2.18. The first kappa shape index (κ1) is 15.1. The van der Waals surface area contributed by atoms with Crippen molar-refractivity contribution in [2.24, 2.45) is 0 Å². The van der Waals surface area contributed by atoms with Gasteiger partial charge in [0.15, 0.2) is 5.75 Å². The molecule has 0 amide bonds. The highest BCUT2D eigenvalue weighted by Gasteiger charge is 2.42. The molecule has 0 fully saturated rings. The summed E-state index contributed by atoms with van der Waals surface area (Å²) in [7, 11) is 0. The fraction of sp³-hybridized carbons (Fsp3) is 0.154. The second-order valence-corrected chi connectivity index (χ2v) is 3.95. The summed E-state index contributed by atoms with van der Waals surface area (Å²) in [5.41, 5.74) is -3.02. The van der Waals surface area contributed by atoms with E-state index in [1.807, 2.05) is 0 Å². The van der Waals surface area contributed by atoms with Crippen molar-refractivity contribution in [3.05, 3.63) is 53.7 Å². The van der Waals surface area contributed by atoms with E-state index in [2.05, 4.69) is 4.98 Å². The van der Waals surface area contributed by atoms with E-state index in [1.165, 1.54) is 18.3 Å². The molecular formula is C13H7F6NO. The molecule has 0 N–H and O–H groups in total. The van der Waals surface area contributed by atoms with Gasteiger partial charge >= 0.3 is 12.4 Å². The highest BCUT2D eigenvalue weighted by atomic mass is 19.4. The number of hydrogen-bond donors (Lipinski definition) is 0. The molecule has 0 aliphatic carbocycles. The third-order valence-electron chi connectivity index (χ3n) is 2.47. The Hall–Kier alpha value is -2.25. The fourth-order valence-corrected chi connectivity index (χ4v) is 1.61. The summed E-state index contributed by atoms with van der Waals surface area (Å²) in [6.07, 6.45) is -8.77. The Morgan fingerprint density at radius 1 is 0.762 bits per heavy atom. The molecule has 0 saturated carbocycles. The maximum atomic E-state index is 12.9. The summed E-state index contributed by atoms with van der Waals surface area (Å²) in [5, 5.41) is 0. The molecule has 0 atom stereocenters. The number of aromatic nitrogens is 1. The van der Waals surface area contributed by atoms with E-state index in [-0.39, 0.29) is 5.88 Å². The highest BCUT2D eigenvalue weighted by molar-refractivity contribution is 5.46. The quantitative estimate of drug-likeness (QED) is 0.735. The van der Waals surface area contributed by atoms with Crippen LogP contribution in [0.15, 0.2) is 42.6 Å². The van der Waals surface area contributed by atoms with Crippen molar-refractivity contribution >= 4 is 0 Å². The Labute approximate surface area is 115 Å². The molecule has 0 aliphatic heterocycles. The lowest BCUT2D eigenvalue weighted by Crippen LogP contribution is -2.13. The smallest absolute Gasteiger partial charge is 0.420 e. The normalized spacial score (nSPS) is 12.3. The summed E-state index contributed by atoms with van der Waals surface area (Å²) in [6.45, 7) is 0. The van der Waals surface area contributed by atoms with Crippen LogP contribution in [0.1, 0.15) is 11.1 Å². The zero-order valence-corrected chi connectivity index (χ0v) is 10.2. The van der Waals surface area contributed by atoms with Gasteiger partial charge in [-0.3, -0.25) is 0 Å². The largest absolute Gasteiger partial charge is 0.438 e. The maximum absolute atomic E-state index is 12.9. The fourth-order valence-electron chi connectivity index (χ4n) is 1.61. The number of hydrogen-bond acceptors (Lipinski definition) is 2. The van der Waals surface area contributed by atoms with Crippen molar-refractivity contribution in [2.45, 2.75) is 12.4 Å². The van der Waals surface area contributed by atoms with E-state index in [0.717, 1.165) is 6.07 Å². The maximum Gasteiger partial charge on any atom is 0.420 e. The van der Waals surface area contributed by atoms with E-state index in [1.54, 1.807) is 0 Å². The van der Waals surface area contributed by atoms with Gasteiger partial charge in [0.05, 0.1) is 11.1 Å². The Balaban J connectivity index is 2.59. The molecule has 0 spiro atoms. The van der Waals surface area contributed by atoms with Crippen molar-refractivity contribution in [3.8, 4) is 11.6 Å². The third kappa shape index (κ3) is 3.45. The zero-order chi connectivity index (χ0) is 15.7. The lowest BCUT2D eigenvalue weighted by atomic mass is 10.1. The van der Waals surface area contributed by atoms with E-state index < -0.39 is 29.2 Å². The third-order valence-corrected chi connectivity index (χ3v) is 2.47. The zero-order valence-electron chi connectivity index (χ0n) is 10.2. The Bertz CT molecular complexity index is 589. The number of ether oxygens (including phenoxy) is 1. The Morgan fingerprint density at radius 2 is 1.33 bits per heavy atom. The molecule has 0 aliphatic rings. The second kappa shape index (κ2) is 5.27. The monoisotopic (exact) mass is 307 g/mol. The standard InChI is InChI=1S/C13H7F6NO/c14-12(15,16)8-4-3-5-9(13(17,18)19)11(8)21-10-6-1-2-7-20-10/h1-7H. The number of benzene rings is 1. The second-order valence-electron chi connectivity index (χ2n) is 3.95. The minimum Gasteiger partial charge on any atom is -0.438 e. The number of pyridine rings is 1. The minimum atomic E-state index is -4.98. The number of nitrogens with zero attached hydrogens (tertiary/aromatic N) is 1. The van der Waals surface area contributed by atoms with Crippen molar-refractivity contribution < 1.29 is 31.1 Å². The summed E-state index contributed by atoms with van der Waals surface area (Å²) >= 11 is 0. The molecule has 1 aromatic heterocycles. The lowest BCUT2D eigenvalue weighted by molar-refractivity contribution is -0.145. The molecule has 2 nitrogen and oxygen atoms in total. The van der Waals surface area contributed by atoms with Gasteiger partial charge in [0, 0.05) is 12.3 Å². The molecule has 1 aromatic carbocycles. The van der Waals surface area contributed by atoms with Crippen LogP contribution in [0.4, 0.5) is 26.3 Å². The van der Waals surface area contributed by atoms with Crippen molar-refractivity contribution in [1.29, 1.82) is 0 Å². The van der Waals surface area contributed by atoms with Crippen molar-refractivity contribution in [1.82, 2.24) is 4.98 Å². The van der Waals surface area contributed by atoms with Crippen LogP contribution in [-0.2, 0) is 12.4 Å². The Kier molecular flexibility index (Phi) is 3.80. The van der Waals surface area contributed by atoms with Crippen LogP contribution in [0.5, 0.6) is 11.6 Å². The first-order valence-electron chi connectivity index (χ1n) is 5.56. The molecule has 0 unspecified atom stereocenters. The van der Waals surface area contributed by atoms with E-state index in [4.69, 9.17) is 4.74 Å². The molecule has 112 valence electrons. The molecule has 0 bridgehead atoms. The van der Waals surface area contributed by atoms with Crippen molar-refractivity contribution in [2.75, 3.05) is 0 Å². The predicted molar refractivity (Wildman–Crippen MR) is 60.8 cm³/mol. The van der Waals surface area contributed by atoms with Crippen LogP contribution in [-0.4, -0.2) is 4.98 Å². The molecule has 0 saturated heterocycles. The molecule has 8 heteroatoms. The van der Waals surface area contributed by atoms with E-state index in [0.29, 0.717) is 18.2 Å². The first-order chi connectivity index (χ1) is 9.69. The highest BCUT2D eigenvalue weighted by Crippen LogP contribution is 2.45. The number of alkyl halides is 6. The van der Waals surface area contributed by atoms with Crippen molar-refractivity contribution in [3.63, 3.8) is 0 Å². The van der Waals surface area contributed by atoms with E-state index in [9.17, 15) is 26.3 Å². The van der Waals surface area contributed by atoms with Crippen LogP contribution in [0, 0.1) is 0 Å². The summed E-state index contributed by atoms with van der Waals surface area (Å²) < 4.78 is 81.9. The number of para-hydroxylation sites is 1. The van der Waals surface area contributed by atoms with Gasteiger partial charge in [-0.1, -0.05) is 12.1 Å². The van der Waals surface area contributed by atoms with Crippen LogP contribution in [0.25, 0.3) is 0 Å². The minimum absolute atomic E-state index is 0.361. The molecule has 1 heterocycles. The van der Waals surface area contributed by atoms with Gasteiger partial charge in [-0.2, -0.15) is 26.3 Å². The van der Waals surface area contributed by atoms with Crippen LogP contribution in [0.2, 0.25) is 0 Å². The topological polar surface area (TPSA) is 22.1 Å². The van der Waals surface area contributed by atoms with Gasteiger partial charge in [0.2, 0.25) is 5.88 Å². The summed E-state index contributed by atoms with van der Waals surface area (Å²) in [4.78, 5) is 3.56. The number of halogens is 6. The molecule has 0 radical (unpaired) electrons. The van der Waals surface area contributed by atoms with Gasteiger partial charge in [-0.15, -0.1) is 0 Å². The van der Waals surface area contributed by atoms with Crippen LogP contribution >= 0.6 is 0 Å². The van der Waals surface area contributed by atoms with Gasteiger partial charge in [0.25, 0.3) is 0 Å². The van der Waals surface area contributed by atoms with Crippen LogP contribution in [0.3, 0.4) is 0 Å². The van der Waals surface area contributed by atoms with E-state index >= 15 is 0 Å². The van der Waals surface area contributed by atoms with Crippen LogP contribution < -0.4 is 4.74 Å². The van der Waals surface area contributed by atoms with Gasteiger partial charge in [0.1, 0.15) is 0 Å². The number of rotatable bonds is 2. The molecular weight excluding hydrogens is 300 g/mol. The first-order valence-corrected chi connectivity index (χ1v) is 5.56. The van der Waals surface area contributed by atoms with Gasteiger partial charge < -0.3 is 4.74 Å². The summed E-state index contributed by atoms with van der Waals surface area (Å²) in [5.74, 6) is -1.67. The summed E-state index contributed by atoms with van der Waals surface area (Å²) in [6, 6.07) is 5.71. The Morgan fingerprint density at radius 3 is 1.76 bits per heavy atom.